The van der Waals surface area contributed by atoms with Crippen LogP contribution in [0.5, 0.6) is 0 Å². The molecule has 1 aromatic carbocycles. The minimum atomic E-state index is -0.467. The molecule has 0 saturated heterocycles. The van der Waals surface area contributed by atoms with E-state index in [-0.39, 0.29) is 12.5 Å². The molecule has 2 rings (SSSR count). The van der Waals surface area contributed by atoms with Gasteiger partial charge in [0.25, 0.3) is 5.91 Å². The number of esters is 1. The minimum absolute atomic E-state index is 0.249. The molecule has 1 heterocycles. The molecule has 0 spiro atoms. The first-order valence-electron chi connectivity index (χ1n) is 7.61. The molecule has 1 N–H and O–H groups in total. The molecule has 0 fully saturated rings. The summed E-state index contributed by atoms with van der Waals surface area (Å²) in [6, 6.07) is 10.1. The molecule has 0 radical (unpaired) electrons. The van der Waals surface area contributed by atoms with Crippen LogP contribution in [0.3, 0.4) is 0 Å². The summed E-state index contributed by atoms with van der Waals surface area (Å²) >= 11 is 1.41. The number of hydrogen-bond acceptors (Lipinski definition) is 4. The highest BCUT2D eigenvalue weighted by Gasteiger charge is 2.10. The zero-order valence-corrected chi connectivity index (χ0v) is 14.2. The molecule has 4 nitrogen and oxygen atoms in total. The highest BCUT2D eigenvalue weighted by molar-refractivity contribution is 7.08. The summed E-state index contributed by atoms with van der Waals surface area (Å²) in [7, 11) is 0. The Morgan fingerprint density at radius 3 is 2.52 bits per heavy atom. The topological polar surface area (TPSA) is 55.4 Å². The monoisotopic (exact) mass is 331 g/mol. The van der Waals surface area contributed by atoms with Crippen LogP contribution in [0.4, 0.5) is 0 Å². The van der Waals surface area contributed by atoms with Crippen LogP contribution in [0.1, 0.15) is 41.3 Å². The molecule has 0 aliphatic heterocycles. The van der Waals surface area contributed by atoms with Gasteiger partial charge in [0.2, 0.25) is 0 Å². The Kier molecular flexibility index (Phi) is 6.35. The van der Waals surface area contributed by atoms with Crippen LogP contribution in [0.15, 0.2) is 41.1 Å². The Balaban J connectivity index is 1.67. The molecule has 122 valence electrons. The summed E-state index contributed by atoms with van der Waals surface area (Å²) in [6.07, 6.45) is 0.753. The van der Waals surface area contributed by atoms with Crippen molar-refractivity contribution < 1.29 is 14.3 Å². The molecular formula is C18H21NO3S. The third-order valence-electron chi connectivity index (χ3n) is 3.47. The zero-order valence-electron chi connectivity index (χ0n) is 13.4. The summed E-state index contributed by atoms with van der Waals surface area (Å²) in [5.74, 6) is -0.236. The summed E-state index contributed by atoms with van der Waals surface area (Å²) in [4.78, 5) is 23.3. The average Bonchev–Trinajstić information content (AvgIpc) is 3.07. The first kappa shape index (κ1) is 17.2. The lowest BCUT2D eigenvalue weighted by Crippen LogP contribution is -2.30. The van der Waals surface area contributed by atoms with E-state index in [0.717, 1.165) is 6.42 Å². The first-order chi connectivity index (χ1) is 11.1. The second-order valence-corrected chi connectivity index (χ2v) is 6.36. The van der Waals surface area contributed by atoms with Gasteiger partial charge >= 0.3 is 5.97 Å². The van der Waals surface area contributed by atoms with Gasteiger partial charge in [-0.15, -0.1) is 0 Å². The van der Waals surface area contributed by atoms with Crippen molar-refractivity contribution in [2.75, 3.05) is 13.2 Å². The van der Waals surface area contributed by atoms with Gasteiger partial charge in [0.05, 0.1) is 5.56 Å². The average molecular weight is 331 g/mol. The molecule has 1 amide bonds. The smallest absolute Gasteiger partial charge is 0.339 e. The first-order valence-corrected chi connectivity index (χ1v) is 8.55. The number of benzene rings is 1. The molecule has 0 aliphatic rings. The fourth-order valence-corrected chi connectivity index (χ4v) is 2.69. The molecule has 2 aromatic rings. The number of carbonyl (C=O) groups is 2. The van der Waals surface area contributed by atoms with E-state index in [1.54, 1.807) is 16.8 Å². The van der Waals surface area contributed by atoms with Crippen LogP contribution in [0.25, 0.3) is 0 Å². The maximum atomic E-state index is 11.7. The minimum Gasteiger partial charge on any atom is -0.452 e. The van der Waals surface area contributed by atoms with Crippen molar-refractivity contribution in [3.8, 4) is 0 Å². The summed E-state index contributed by atoms with van der Waals surface area (Å²) in [5.41, 5.74) is 2.95. The van der Waals surface area contributed by atoms with Crippen LogP contribution in [0, 0.1) is 0 Å². The van der Waals surface area contributed by atoms with E-state index in [1.807, 2.05) is 0 Å². The van der Waals surface area contributed by atoms with Gasteiger partial charge < -0.3 is 10.1 Å². The lowest BCUT2D eigenvalue weighted by molar-refractivity contribution is -0.124. The lowest BCUT2D eigenvalue weighted by atomic mass is 10.0. The molecule has 1 aromatic heterocycles. The Hall–Kier alpha value is -2.14. The van der Waals surface area contributed by atoms with Crippen LogP contribution < -0.4 is 5.32 Å². The fraction of sp³-hybridized carbons (Fsp3) is 0.333. The summed E-state index contributed by atoms with van der Waals surface area (Å²) in [5, 5.41) is 6.24. The number of hydrogen-bond donors (Lipinski definition) is 1. The third-order valence-corrected chi connectivity index (χ3v) is 4.16. The predicted octanol–water partition coefficient (Wildman–Crippen LogP) is 3.39. The van der Waals surface area contributed by atoms with Gasteiger partial charge in [0, 0.05) is 11.9 Å². The number of amides is 1. The standard InChI is InChI=1S/C18H21NO3S/c1-13(2)15-5-3-14(4-6-15)7-9-19-17(20)11-22-18(21)16-8-10-23-12-16/h3-6,8,10,12-13H,7,9,11H2,1-2H3,(H,19,20). The molecule has 23 heavy (non-hydrogen) atoms. The van der Waals surface area contributed by atoms with Gasteiger partial charge in [-0.3, -0.25) is 4.79 Å². The molecule has 0 saturated carbocycles. The number of carbonyl (C=O) groups excluding carboxylic acids is 2. The van der Waals surface area contributed by atoms with Crippen molar-refractivity contribution in [1.82, 2.24) is 5.32 Å². The molecule has 0 atom stereocenters. The lowest BCUT2D eigenvalue weighted by Gasteiger charge is -2.08. The Morgan fingerprint density at radius 1 is 1.17 bits per heavy atom. The van der Waals surface area contributed by atoms with Gasteiger partial charge in [0.15, 0.2) is 6.61 Å². The van der Waals surface area contributed by atoms with Gasteiger partial charge in [-0.2, -0.15) is 11.3 Å². The van der Waals surface area contributed by atoms with Crippen LogP contribution >= 0.6 is 11.3 Å². The molecule has 5 heteroatoms. The molecular weight excluding hydrogens is 310 g/mol. The predicted molar refractivity (Wildman–Crippen MR) is 91.8 cm³/mol. The largest absolute Gasteiger partial charge is 0.452 e. The second-order valence-electron chi connectivity index (χ2n) is 5.58. The number of thiophene rings is 1. The van der Waals surface area contributed by atoms with E-state index in [2.05, 4.69) is 43.4 Å². The van der Waals surface area contributed by atoms with Crippen molar-refractivity contribution in [2.24, 2.45) is 0 Å². The molecule has 0 unspecified atom stereocenters. The van der Waals surface area contributed by atoms with Crippen LogP contribution in [-0.4, -0.2) is 25.0 Å². The third kappa shape index (κ3) is 5.53. The second kappa shape index (κ2) is 8.48. The van der Waals surface area contributed by atoms with Gasteiger partial charge in [-0.05, 0) is 34.9 Å². The van der Waals surface area contributed by atoms with Crippen LogP contribution in [0.2, 0.25) is 0 Å². The van der Waals surface area contributed by atoms with Crippen molar-refractivity contribution in [3.05, 3.63) is 57.8 Å². The van der Waals surface area contributed by atoms with Crippen molar-refractivity contribution >= 4 is 23.2 Å². The van der Waals surface area contributed by atoms with E-state index in [0.29, 0.717) is 18.0 Å². The van der Waals surface area contributed by atoms with Gasteiger partial charge in [-0.1, -0.05) is 38.1 Å². The summed E-state index contributed by atoms with van der Waals surface area (Å²) in [6.45, 7) is 4.59. The van der Waals surface area contributed by atoms with E-state index < -0.39 is 5.97 Å². The van der Waals surface area contributed by atoms with Crippen molar-refractivity contribution in [2.45, 2.75) is 26.2 Å². The van der Waals surface area contributed by atoms with Crippen molar-refractivity contribution in [3.63, 3.8) is 0 Å². The van der Waals surface area contributed by atoms with Gasteiger partial charge in [0.1, 0.15) is 0 Å². The Labute approximate surface area is 140 Å². The van der Waals surface area contributed by atoms with Gasteiger partial charge in [-0.25, -0.2) is 4.79 Å². The Bertz CT molecular complexity index is 633. The van der Waals surface area contributed by atoms with Crippen LogP contribution in [-0.2, 0) is 16.0 Å². The van der Waals surface area contributed by atoms with E-state index >= 15 is 0 Å². The zero-order chi connectivity index (χ0) is 16.7. The van der Waals surface area contributed by atoms with E-state index in [1.165, 1.54) is 22.5 Å². The highest BCUT2D eigenvalue weighted by atomic mass is 32.1. The number of rotatable bonds is 7. The maximum Gasteiger partial charge on any atom is 0.339 e. The highest BCUT2D eigenvalue weighted by Crippen LogP contribution is 2.14. The molecule has 0 bridgehead atoms. The fourth-order valence-electron chi connectivity index (χ4n) is 2.06. The number of ether oxygens (including phenoxy) is 1. The van der Waals surface area contributed by atoms with E-state index in [4.69, 9.17) is 4.74 Å². The molecule has 0 aliphatic carbocycles. The Morgan fingerprint density at radius 2 is 1.91 bits per heavy atom. The van der Waals surface area contributed by atoms with E-state index in [9.17, 15) is 9.59 Å². The quantitative estimate of drug-likeness (QED) is 0.791. The number of nitrogens with one attached hydrogen (secondary N) is 1. The maximum absolute atomic E-state index is 11.7. The summed E-state index contributed by atoms with van der Waals surface area (Å²) < 4.78 is 4.95. The van der Waals surface area contributed by atoms with Crippen molar-refractivity contribution in [1.29, 1.82) is 0 Å². The normalized spacial score (nSPS) is 10.6. The SMILES string of the molecule is CC(C)c1ccc(CCNC(=O)COC(=O)c2ccsc2)cc1.